The van der Waals surface area contributed by atoms with Crippen molar-refractivity contribution in [1.82, 2.24) is 19.9 Å². The van der Waals surface area contributed by atoms with E-state index < -0.39 is 0 Å². The number of rotatable bonds is 2. The van der Waals surface area contributed by atoms with E-state index in [9.17, 15) is 0 Å². The maximum absolute atomic E-state index is 4.51. The van der Waals surface area contributed by atoms with Crippen molar-refractivity contribution in [3.05, 3.63) is 66.4 Å². The van der Waals surface area contributed by atoms with Crippen molar-refractivity contribution in [2.45, 2.75) is 6.42 Å². The van der Waals surface area contributed by atoms with Crippen LogP contribution in [0.1, 0.15) is 11.4 Å². The van der Waals surface area contributed by atoms with Crippen LogP contribution in [0.25, 0.3) is 21.9 Å². The highest BCUT2D eigenvalue weighted by molar-refractivity contribution is 5.85. The topological polar surface area (TPSA) is 54.5 Å². The molecule has 0 aliphatic heterocycles. The zero-order valence-corrected chi connectivity index (χ0v) is 10.7. The summed E-state index contributed by atoms with van der Waals surface area (Å²) in [6, 6.07) is 14.7. The Morgan fingerprint density at radius 3 is 2.85 bits per heavy atom. The van der Waals surface area contributed by atoms with Gasteiger partial charge in [-0.3, -0.25) is 0 Å². The molecule has 4 nitrogen and oxygen atoms in total. The number of benzene rings is 2. The second-order valence-corrected chi connectivity index (χ2v) is 4.76. The maximum atomic E-state index is 4.51. The third-order valence-corrected chi connectivity index (χ3v) is 3.45. The molecule has 20 heavy (non-hydrogen) atoms. The zero-order valence-electron chi connectivity index (χ0n) is 10.7. The number of fused-ring (bicyclic) bond motifs is 2. The molecule has 4 rings (SSSR count). The predicted octanol–water partition coefficient (Wildman–Crippen LogP) is 3.10. The summed E-state index contributed by atoms with van der Waals surface area (Å²) in [5.74, 6) is 0.914. The fourth-order valence-corrected chi connectivity index (χ4v) is 2.52. The average Bonchev–Trinajstić information content (AvgIpc) is 2.90. The minimum atomic E-state index is 0.718. The zero-order chi connectivity index (χ0) is 13.4. The lowest BCUT2D eigenvalue weighted by atomic mass is 10.0. The van der Waals surface area contributed by atoms with Gasteiger partial charge < -0.3 is 4.98 Å². The van der Waals surface area contributed by atoms with Gasteiger partial charge in [-0.1, -0.05) is 42.5 Å². The molecule has 0 saturated heterocycles. The third kappa shape index (κ3) is 1.82. The van der Waals surface area contributed by atoms with Crippen LogP contribution in [0.2, 0.25) is 0 Å². The summed E-state index contributed by atoms with van der Waals surface area (Å²) in [7, 11) is 0. The van der Waals surface area contributed by atoms with Gasteiger partial charge in [-0.25, -0.2) is 15.0 Å². The van der Waals surface area contributed by atoms with Crippen molar-refractivity contribution in [2.24, 2.45) is 0 Å². The first-order valence-electron chi connectivity index (χ1n) is 6.51. The van der Waals surface area contributed by atoms with Crippen LogP contribution in [0.15, 0.2) is 55.0 Å². The lowest BCUT2D eigenvalue weighted by Crippen LogP contribution is -1.92. The summed E-state index contributed by atoms with van der Waals surface area (Å²) < 4.78 is 0. The summed E-state index contributed by atoms with van der Waals surface area (Å²) in [5, 5.41) is 2.52. The molecule has 0 unspecified atom stereocenters. The number of aromatic nitrogens is 4. The molecule has 0 fully saturated rings. The first-order valence-corrected chi connectivity index (χ1v) is 6.51. The van der Waals surface area contributed by atoms with Crippen molar-refractivity contribution in [2.75, 3.05) is 0 Å². The van der Waals surface area contributed by atoms with Crippen molar-refractivity contribution < 1.29 is 0 Å². The molecule has 0 aliphatic rings. The van der Waals surface area contributed by atoms with Crippen LogP contribution >= 0.6 is 0 Å². The Balaban J connectivity index is 1.80. The van der Waals surface area contributed by atoms with Crippen molar-refractivity contribution >= 4 is 21.9 Å². The molecule has 4 aromatic rings. The van der Waals surface area contributed by atoms with Crippen LogP contribution < -0.4 is 0 Å². The van der Waals surface area contributed by atoms with Gasteiger partial charge in [0, 0.05) is 6.42 Å². The number of nitrogens with one attached hydrogen (secondary N) is 1. The number of aromatic amines is 1. The second-order valence-electron chi connectivity index (χ2n) is 4.76. The van der Waals surface area contributed by atoms with Crippen molar-refractivity contribution in [3.63, 3.8) is 0 Å². The highest BCUT2D eigenvalue weighted by Crippen LogP contribution is 2.21. The van der Waals surface area contributed by atoms with E-state index in [1.807, 2.05) is 0 Å². The average molecular weight is 260 g/mol. The molecule has 0 bridgehead atoms. The molecule has 2 aromatic carbocycles. The molecule has 0 amide bonds. The van der Waals surface area contributed by atoms with Crippen molar-refractivity contribution in [3.8, 4) is 0 Å². The van der Waals surface area contributed by atoms with Gasteiger partial charge in [0.05, 0.1) is 6.20 Å². The van der Waals surface area contributed by atoms with Crippen molar-refractivity contribution in [1.29, 1.82) is 0 Å². The quantitative estimate of drug-likeness (QED) is 0.602. The second kappa shape index (κ2) is 4.42. The summed E-state index contributed by atoms with van der Waals surface area (Å²) in [6.07, 6.45) is 4.03. The van der Waals surface area contributed by atoms with Gasteiger partial charge >= 0.3 is 0 Å². The largest absolute Gasteiger partial charge is 0.339 e. The van der Waals surface area contributed by atoms with Crippen LogP contribution in [0, 0.1) is 0 Å². The lowest BCUT2D eigenvalue weighted by molar-refractivity contribution is 1.04. The molecule has 4 heteroatoms. The maximum Gasteiger partial charge on any atom is 0.180 e. The number of imidazole rings is 1. The first kappa shape index (κ1) is 11.1. The van der Waals surface area contributed by atoms with Crippen LogP contribution in [0.5, 0.6) is 0 Å². The van der Waals surface area contributed by atoms with E-state index in [2.05, 4.69) is 62.4 Å². The smallest absolute Gasteiger partial charge is 0.180 e. The number of nitrogens with zero attached hydrogens (tertiary/aromatic N) is 3. The van der Waals surface area contributed by atoms with Gasteiger partial charge in [0.15, 0.2) is 5.65 Å². The van der Waals surface area contributed by atoms with Gasteiger partial charge in [-0.15, -0.1) is 0 Å². The molecule has 1 N–H and O–H groups in total. The Morgan fingerprint density at radius 1 is 1.00 bits per heavy atom. The molecule has 0 atom stereocenters. The Bertz CT molecular complexity index is 857. The molecular weight excluding hydrogens is 248 g/mol. The number of hydrogen-bond acceptors (Lipinski definition) is 3. The minimum absolute atomic E-state index is 0.718. The highest BCUT2D eigenvalue weighted by atomic mass is 15.0. The first-order chi connectivity index (χ1) is 9.90. The van der Waals surface area contributed by atoms with E-state index in [1.54, 1.807) is 6.20 Å². The fraction of sp³-hybridized carbons (Fsp3) is 0.0625. The molecular formula is C16H12N4. The van der Waals surface area contributed by atoms with Gasteiger partial charge in [-0.2, -0.15) is 0 Å². The Hall–Kier alpha value is -2.75. The van der Waals surface area contributed by atoms with E-state index in [-0.39, 0.29) is 0 Å². The molecule has 0 aliphatic carbocycles. The van der Waals surface area contributed by atoms with Gasteiger partial charge in [0.2, 0.25) is 0 Å². The minimum Gasteiger partial charge on any atom is -0.339 e. The van der Waals surface area contributed by atoms with Gasteiger partial charge in [-0.05, 0) is 16.3 Å². The van der Waals surface area contributed by atoms with E-state index in [4.69, 9.17) is 0 Å². The Kier molecular flexibility index (Phi) is 2.45. The summed E-state index contributed by atoms with van der Waals surface area (Å²) in [6.45, 7) is 0. The SMILES string of the molecule is c1ccc2c(Cc3nc4ncncc4[nH]3)cccc2c1. The van der Waals surface area contributed by atoms with Gasteiger partial charge in [0.1, 0.15) is 17.7 Å². The van der Waals surface area contributed by atoms with E-state index >= 15 is 0 Å². The van der Waals surface area contributed by atoms with Gasteiger partial charge in [0.25, 0.3) is 0 Å². The summed E-state index contributed by atoms with van der Waals surface area (Å²) >= 11 is 0. The lowest BCUT2D eigenvalue weighted by Gasteiger charge is -2.04. The summed E-state index contributed by atoms with van der Waals surface area (Å²) in [5.41, 5.74) is 2.85. The van der Waals surface area contributed by atoms with Crippen LogP contribution in [-0.4, -0.2) is 19.9 Å². The standard InChI is InChI=1S/C16H12N4/c1-2-7-13-11(4-1)5-3-6-12(13)8-15-19-14-9-17-10-18-16(14)20-15/h1-7,9-10H,8H2,(H,17,18,19,20). The Morgan fingerprint density at radius 2 is 1.90 bits per heavy atom. The monoisotopic (exact) mass is 260 g/mol. The van der Waals surface area contributed by atoms with E-state index in [0.29, 0.717) is 0 Å². The molecule has 2 aromatic heterocycles. The van der Waals surface area contributed by atoms with Crippen LogP contribution in [-0.2, 0) is 6.42 Å². The molecule has 0 radical (unpaired) electrons. The normalized spacial score (nSPS) is 11.2. The molecule has 2 heterocycles. The summed E-state index contributed by atoms with van der Waals surface area (Å²) in [4.78, 5) is 15.9. The Labute approximate surface area is 115 Å². The number of H-pyrrole nitrogens is 1. The third-order valence-electron chi connectivity index (χ3n) is 3.45. The molecule has 0 saturated carbocycles. The molecule has 0 spiro atoms. The van der Waals surface area contributed by atoms with Crippen LogP contribution in [0.3, 0.4) is 0 Å². The molecule has 96 valence electrons. The fourth-order valence-electron chi connectivity index (χ4n) is 2.52. The van der Waals surface area contributed by atoms with E-state index in [1.165, 1.54) is 22.7 Å². The van der Waals surface area contributed by atoms with E-state index in [0.717, 1.165) is 23.4 Å². The van der Waals surface area contributed by atoms with Crippen LogP contribution in [0.4, 0.5) is 0 Å². The number of hydrogen-bond donors (Lipinski definition) is 1. The highest BCUT2D eigenvalue weighted by Gasteiger charge is 2.06. The predicted molar refractivity (Wildman–Crippen MR) is 78.4 cm³/mol.